The molecule has 0 atom stereocenters. The summed E-state index contributed by atoms with van der Waals surface area (Å²) < 4.78 is 5.45. The molecule has 0 aliphatic rings. The van der Waals surface area contributed by atoms with Gasteiger partial charge in [-0.25, -0.2) is 0 Å². The van der Waals surface area contributed by atoms with Gasteiger partial charge in [-0.2, -0.15) is 0 Å². The smallest absolute Gasteiger partial charge is 0.311 e. The summed E-state index contributed by atoms with van der Waals surface area (Å²) in [5, 5.41) is 14.3. The second-order valence-corrected chi connectivity index (χ2v) is 4.83. The molecule has 1 N–H and O–H groups in total. The van der Waals surface area contributed by atoms with Gasteiger partial charge in [-0.15, -0.1) is 0 Å². The Morgan fingerprint density at radius 3 is 2.80 bits per heavy atom. The summed E-state index contributed by atoms with van der Waals surface area (Å²) in [6.45, 7) is 7.86. The van der Waals surface area contributed by atoms with Gasteiger partial charge in [0.1, 0.15) is 6.61 Å². The molecule has 0 saturated heterocycles. The number of nitro groups is 1. The van der Waals surface area contributed by atoms with E-state index in [4.69, 9.17) is 4.74 Å². The van der Waals surface area contributed by atoms with E-state index < -0.39 is 4.92 Å². The Kier molecular flexibility index (Phi) is 6.73. The molecule has 110 valence electrons. The maximum Gasteiger partial charge on any atom is 0.311 e. The van der Waals surface area contributed by atoms with Crippen molar-refractivity contribution in [1.82, 2.24) is 5.32 Å². The van der Waals surface area contributed by atoms with Crippen LogP contribution in [-0.4, -0.2) is 18.1 Å². The van der Waals surface area contributed by atoms with Crippen molar-refractivity contribution in [1.29, 1.82) is 0 Å². The van der Waals surface area contributed by atoms with Crippen molar-refractivity contribution < 1.29 is 9.66 Å². The highest BCUT2D eigenvalue weighted by Crippen LogP contribution is 2.28. The summed E-state index contributed by atoms with van der Waals surface area (Å²) in [5.41, 5.74) is 2.02. The fraction of sp³-hybridized carbons (Fsp3) is 0.467. The molecular formula is C15H22N2O3. The van der Waals surface area contributed by atoms with Crippen molar-refractivity contribution in [2.45, 2.75) is 33.7 Å². The zero-order chi connectivity index (χ0) is 15.0. The summed E-state index contributed by atoms with van der Waals surface area (Å²) in [5.74, 6) is 0.312. The number of benzene rings is 1. The highest BCUT2D eigenvalue weighted by atomic mass is 16.6. The highest BCUT2D eigenvalue weighted by Gasteiger charge is 2.15. The van der Waals surface area contributed by atoms with Gasteiger partial charge in [0.25, 0.3) is 0 Å². The SMILES string of the molecule is CCCNCc1ccc(OCC=C(C)C)c([N+](=O)[O-])c1. The summed E-state index contributed by atoms with van der Waals surface area (Å²) in [7, 11) is 0. The summed E-state index contributed by atoms with van der Waals surface area (Å²) in [6.07, 6.45) is 2.92. The van der Waals surface area contributed by atoms with Crippen LogP contribution in [-0.2, 0) is 6.54 Å². The van der Waals surface area contributed by atoms with Gasteiger partial charge in [-0.3, -0.25) is 10.1 Å². The van der Waals surface area contributed by atoms with Crippen molar-refractivity contribution in [3.05, 3.63) is 45.5 Å². The summed E-state index contributed by atoms with van der Waals surface area (Å²) >= 11 is 0. The third-order valence-corrected chi connectivity index (χ3v) is 2.71. The largest absolute Gasteiger partial charge is 0.483 e. The van der Waals surface area contributed by atoms with Gasteiger partial charge in [0.05, 0.1) is 4.92 Å². The summed E-state index contributed by atoms with van der Waals surface area (Å²) in [4.78, 5) is 10.7. The van der Waals surface area contributed by atoms with Gasteiger partial charge in [0.15, 0.2) is 5.75 Å². The van der Waals surface area contributed by atoms with Crippen molar-refractivity contribution >= 4 is 5.69 Å². The van der Waals surface area contributed by atoms with Crippen LogP contribution in [0.15, 0.2) is 29.8 Å². The molecule has 0 heterocycles. The third kappa shape index (κ3) is 5.40. The molecule has 0 aliphatic carbocycles. The lowest BCUT2D eigenvalue weighted by atomic mass is 10.2. The lowest BCUT2D eigenvalue weighted by molar-refractivity contribution is -0.385. The molecule has 0 amide bonds. The van der Waals surface area contributed by atoms with Crippen LogP contribution in [0, 0.1) is 10.1 Å². The van der Waals surface area contributed by atoms with Crippen LogP contribution in [0.25, 0.3) is 0 Å². The zero-order valence-corrected chi connectivity index (χ0v) is 12.3. The molecule has 0 fully saturated rings. The Hall–Kier alpha value is -1.88. The first-order chi connectivity index (χ1) is 9.54. The molecule has 0 unspecified atom stereocenters. The number of nitro benzene ring substituents is 1. The van der Waals surface area contributed by atoms with Crippen LogP contribution in [0.5, 0.6) is 5.75 Å². The van der Waals surface area contributed by atoms with E-state index in [-0.39, 0.29) is 5.69 Å². The molecule has 0 radical (unpaired) electrons. The van der Waals surface area contributed by atoms with Crippen LogP contribution >= 0.6 is 0 Å². The quantitative estimate of drug-likeness (QED) is 0.342. The van der Waals surface area contributed by atoms with Gasteiger partial charge in [0, 0.05) is 12.6 Å². The number of hydrogen-bond donors (Lipinski definition) is 1. The number of ether oxygens (including phenoxy) is 1. The molecule has 1 aromatic carbocycles. The lowest BCUT2D eigenvalue weighted by Crippen LogP contribution is -2.14. The molecule has 0 aliphatic heterocycles. The molecule has 0 bridgehead atoms. The minimum atomic E-state index is -0.402. The fourth-order valence-electron chi connectivity index (χ4n) is 1.65. The first-order valence-electron chi connectivity index (χ1n) is 6.78. The van der Waals surface area contributed by atoms with E-state index in [0.29, 0.717) is 18.9 Å². The average Bonchev–Trinajstić information content (AvgIpc) is 2.39. The molecule has 5 nitrogen and oxygen atoms in total. The highest BCUT2D eigenvalue weighted by molar-refractivity contribution is 5.48. The van der Waals surface area contributed by atoms with Crippen LogP contribution < -0.4 is 10.1 Å². The Morgan fingerprint density at radius 2 is 2.20 bits per heavy atom. The van der Waals surface area contributed by atoms with Crippen LogP contribution in [0.3, 0.4) is 0 Å². The molecule has 5 heteroatoms. The normalized spacial score (nSPS) is 10.2. The second-order valence-electron chi connectivity index (χ2n) is 4.83. The average molecular weight is 278 g/mol. The van der Waals surface area contributed by atoms with Gasteiger partial charge >= 0.3 is 5.69 Å². The number of hydrogen-bond acceptors (Lipinski definition) is 4. The van der Waals surface area contributed by atoms with Crippen LogP contribution in [0.4, 0.5) is 5.69 Å². The maximum atomic E-state index is 11.1. The Bertz CT molecular complexity index is 480. The van der Waals surface area contributed by atoms with Crippen molar-refractivity contribution in [3.63, 3.8) is 0 Å². The minimum absolute atomic E-state index is 0.0166. The molecular weight excluding hydrogens is 256 g/mol. The minimum Gasteiger partial charge on any atom is -0.483 e. The number of nitrogens with one attached hydrogen (secondary N) is 1. The van der Waals surface area contributed by atoms with E-state index in [2.05, 4.69) is 12.2 Å². The van der Waals surface area contributed by atoms with E-state index in [9.17, 15) is 10.1 Å². The molecule has 0 aromatic heterocycles. The van der Waals surface area contributed by atoms with Crippen molar-refractivity contribution in [2.75, 3.05) is 13.2 Å². The predicted octanol–water partition coefficient (Wildman–Crippen LogP) is 3.44. The topological polar surface area (TPSA) is 64.4 Å². The van der Waals surface area contributed by atoms with E-state index >= 15 is 0 Å². The van der Waals surface area contributed by atoms with E-state index in [0.717, 1.165) is 24.1 Å². The summed E-state index contributed by atoms with van der Waals surface area (Å²) in [6, 6.07) is 5.09. The Balaban J connectivity index is 2.79. The van der Waals surface area contributed by atoms with E-state index in [1.807, 2.05) is 26.0 Å². The van der Waals surface area contributed by atoms with Gasteiger partial charge in [-0.1, -0.05) is 18.6 Å². The lowest BCUT2D eigenvalue weighted by Gasteiger charge is -2.07. The fourth-order valence-corrected chi connectivity index (χ4v) is 1.65. The first-order valence-corrected chi connectivity index (χ1v) is 6.78. The van der Waals surface area contributed by atoms with Crippen LogP contribution in [0.1, 0.15) is 32.8 Å². The molecule has 20 heavy (non-hydrogen) atoms. The van der Waals surface area contributed by atoms with Gasteiger partial charge in [0.2, 0.25) is 0 Å². The Labute approximate surface area is 119 Å². The molecule has 1 aromatic rings. The molecule has 0 saturated carbocycles. The first kappa shape index (κ1) is 16.2. The predicted molar refractivity (Wildman–Crippen MR) is 80.0 cm³/mol. The van der Waals surface area contributed by atoms with Crippen LogP contribution in [0.2, 0.25) is 0 Å². The monoisotopic (exact) mass is 278 g/mol. The van der Waals surface area contributed by atoms with Crippen molar-refractivity contribution in [2.24, 2.45) is 0 Å². The zero-order valence-electron chi connectivity index (χ0n) is 12.3. The van der Waals surface area contributed by atoms with Gasteiger partial charge < -0.3 is 10.1 Å². The maximum absolute atomic E-state index is 11.1. The van der Waals surface area contributed by atoms with E-state index in [1.54, 1.807) is 12.1 Å². The third-order valence-electron chi connectivity index (χ3n) is 2.71. The molecule has 1 rings (SSSR count). The number of rotatable bonds is 8. The van der Waals surface area contributed by atoms with E-state index in [1.165, 1.54) is 0 Å². The standard InChI is InChI=1S/C15H22N2O3/c1-4-8-16-11-13-5-6-15(14(10-13)17(18)19)20-9-7-12(2)3/h5-7,10,16H,4,8-9,11H2,1-3H3. The number of nitrogens with zero attached hydrogens (tertiary/aromatic N) is 1. The second kappa shape index (κ2) is 8.32. The van der Waals surface area contributed by atoms with Gasteiger partial charge in [-0.05, 0) is 44.5 Å². The number of allylic oxidation sites excluding steroid dienone is 1. The Morgan fingerprint density at radius 1 is 1.45 bits per heavy atom. The molecule has 0 spiro atoms. The van der Waals surface area contributed by atoms with Crippen molar-refractivity contribution in [3.8, 4) is 5.75 Å².